The van der Waals surface area contributed by atoms with Crippen molar-refractivity contribution >= 4 is 21.6 Å². The highest BCUT2D eigenvalue weighted by Gasteiger charge is 2.07. The first kappa shape index (κ1) is 13.0. The van der Waals surface area contributed by atoms with Crippen molar-refractivity contribution < 1.29 is 13.5 Å². The van der Waals surface area contributed by atoms with Gasteiger partial charge in [-0.1, -0.05) is 23.9 Å². The van der Waals surface area contributed by atoms with Crippen LogP contribution in [-0.4, -0.2) is 19.8 Å². The molecule has 0 bridgehead atoms. The van der Waals surface area contributed by atoms with Gasteiger partial charge in [0.25, 0.3) is 0 Å². The summed E-state index contributed by atoms with van der Waals surface area (Å²) in [4.78, 5) is 1.91. The molecule has 0 saturated carbocycles. The van der Waals surface area contributed by atoms with Gasteiger partial charge in [0.15, 0.2) is 9.84 Å². The summed E-state index contributed by atoms with van der Waals surface area (Å²) in [6, 6.07) is 13.6. The highest BCUT2D eigenvalue weighted by molar-refractivity contribution is 7.99. The molecule has 2 aromatic carbocycles. The number of phenols is 1. The van der Waals surface area contributed by atoms with E-state index in [1.165, 1.54) is 18.0 Å². The maximum absolute atomic E-state index is 11.3. The molecule has 5 heteroatoms. The number of rotatable bonds is 3. The van der Waals surface area contributed by atoms with Gasteiger partial charge in [-0.15, -0.1) is 0 Å². The van der Waals surface area contributed by atoms with Gasteiger partial charge in [-0.2, -0.15) is 0 Å². The molecule has 0 heterocycles. The third kappa shape index (κ3) is 3.05. The van der Waals surface area contributed by atoms with Crippen LogP contribution in [0.25, 0.3) is 0 Å². The molecule has 0 aliphatic carbocycles. The summed E-state index contributed by atoms with van der Waals surface area (Å²) in [5, 5.41) is 9.64. The summed E-state index contributed by atoms with van der Waals surface area (Å²) >= 11 is 1.39. The lowest BCUT2D eigenvalue weighted by molar-refractivity contribution is 0.462. The molecule has 1 N–H and O–H groups in total. The molecular weight excluding hydrogens is 268 g/mol. The van der Waals surface area contributed by atoms with E-state index in [4.69, 9.17) is 0 Å². The molecule has 3 nitrogen and oxygen atoms in total. The highest BCUT2D eigenvalue weighted by Crippen LogP contribution is 2.34. The minimum absolute atomic E-state index is 0.217. The van der Waals surface area contributed by atoms with Crippen LogP contribution in [0.5, 0.6) is 5.75 Å². The Morgan fingerprint density at radius 1 is 1.00 bits per heavy atom. The molecule has 0 unspecified atom stereocenters. The molecule has 0 amide bonds. The number of benzene rings is 2. The van der Waals surface area contributed by atoms with Crippen molar-refractivity contribution in [3.8, 4) is 5.75 Å². The van der Waals surface area contributed by atoms with Crippen molar-refractivity contribution in [2.24, 2.45) is 0 Å². The van der Waals surface area contributed by atoms with E-state index in [2.05, 4.69) is 0 Å². The first-order valence-electron chi connectivity index (χ1n) is 5.23. The first-order valence-corrected chi connectivity index (χ1v) is 7.93. The van der Waals surface area contributed by atoms with E-state index in [-0.39, 0.29) is 5.75 Å². The molecule has 0 spiro atoms. The van der Waals surface area contributed by atoms with Crippen molar-refractivity contribution in [2.45, 2.75) is 14.7 Å². The summed E-state index contributed by atoms with van der Waals surface area (Å²) in [5.41, 5.74) is 0. The summed E-state index contributed by atoms with van der Waals surface area (Å²) in [7, 11) is -3.16. The number of phenolic OH excluding ortho intramolecular Hbond substituents is 1. The van der Waals surface area contributed by atoms with E-state index in [1.807, 2.05) is 12.1 Å². The van der Waals surface area contributed by atoms with Crippen LogP contribution >= 0.6 is 11.8 Å². The van der Waals surface area contributed by atoms with Gasteiger partial charge >= 0.3 is 0 Å². The van der Waals surface area contributed by atoms with Gasteiger partial charge in [0, 0.05) is 11.2 Å². The van der Waals surface area contributed by atoms with Gasteiger partial charge in [-0.05, 0) is 36.4 Å². The second-order valence-electron chi connectivity index (χ2n) is 3.81. The van der Waals surface area contributed by atoms with Gasteiger partial charge in [0.1, 0.15) is 5.75 Å². The summed E-state index contributed by atoms with van der Waals surface area (Å²) in [6.07, 6.45) is 1.18. The SMILES string of the molecule is CS(=O)(=O)c1ccc(Sc2ccccc2O)cc1. The van der Waals surface area contributed by atoms with Crippen molar-refractivity contribution in [3.63, 3.8) is 0 Å². The molecular formula is C13H12O3S2. The van der Waals surface area contributed by atoms with Crippen LogP contribution < -0.4 is 0 Å². The lowest BCUT2D eigenvalue weighted by Crippen LogP contribution is -1.95. The Bertz CT molecular complexity index is 646. The second kappa shape index (κ2) is 5.04. The van der Waals surface area contributed by atoms with E-state index in [1.54, 1.807) is 36.4 Å². The summed E-state index contributed by atoms with van der Waals surface area (Å²) < 4.78 is 22.6. The average molecular weight is 280 g/mol. The van der Waals surface area contributed by atoms with Gasteiger partial charge in [0.2, 0.25) is 0 Å². The zero-order valence-electron chi connectivity index (χ0n) is 9.70. The lowest BCUT2D eigenvalue weighted by atomic mass is 10.3. The van der Waals surface area contributed by atoms with Crippen LogP contribution in [0.2, 0.25) is 0 Å². The normalized spacial score (nSPS) is 11.4. The number of para-hydroxylation sites is 1. The topological polar surface area (TPSA) is 54.4 Å². The average Bonchev–Trinajstić information content (AvgIpc) is 2.32. The van der Waals surface area contributed by atoms with E-state index in [0.29, 0.717) is 4.90 Å². The molecule has 18 heavy (non-hydrogen) atoms. The minimum atomic E-state index is -3.16. The molecule has 0 aliphatic heterocycles. The third-order valence-corrected chi connectivity index (χ3v) is 4.55. The number of aromatic hydroxyl groups is 1. The zero-order valence-corrected chi connectivity index (χ0v) is 11.3. The Balaban J connectivity index is 2.24. The van der Waals surface area contributed by atoms with Gasteiger partial charge < -0.3 is 5.11 Å². The molecule has 2 aromatic rings. The highest BCUT2D eigenvalue weighted by atomic mass is 32.2. The quantitative estimate of drug-likeness (QED) is 0.939. The molecule has 0 aromatic heterocycles. The standard InChI is InChI=1S/C13H12O3S2/c1-18(15,16)11-8-6-10(7-9-11)17-13-5-3-2-4-12(13)14/h2-9,14H,1H3. The fourth-order valence-electron chi connectivity index (χ4n) is 1.43. The Kier molecular flexibility index (Phi) is 3.63. The largest absolute Gasteiger partial charge is 0.507 e. The predicted octanol–water partition coefficient (Wildman–Crippen LogP) is 2.95. The van der Waals surface area contributed by atoms with E-state index >= 15 is 0 Å². The van der Waals surface area contributed by atoms with Crippen molar-refractivity contribution in [1.29, 1.82) is 0 Å². The molecule has 2 rings (SSSR count). The fraction of sp³-hybridized carbons (Fsp3) is 0.0769. The van der Waals surface area contributed by atoms with Crippen LogP contribution in [0.4, 0.5) is 0 Å². The van der Waals surface area contributed by atoms with Gasteiger partial charge in [0.05, 0.1) is 9.79 Å². The number of hydrogen-bond acceptors (Lipinski definition) is 4. The Hall–Kier alpha value is -1.46. The Labute approximate surface area is 110 Å². The van der Waals surface area contributed by atoms with Crippen LogP contribution in [0, 0.1) is 0 Å². The molecule has 0 radical (unpaired) electrons. The third-order valence-electron chi connectivity index (χ3n) is 2.34. The van der Waals surface area contributed by atoms with Crippen LogP contribution in [-0.2, 0) is 9.84 Å². The Morgan fingerprint density at radius 3 is 2.17 bits per heavy atom. The number of sulfone groups is 1. The molecule has 0 saturated heterocycles. The van der Waals surface area contributed by atoms with Crippen molar-refractivity contribution in [3.05, 3.63) is 48.5 Å². The molecule has 0 aliphatic rings. The maximum Gasteiger partial charge on any atom is 0.175 e. The van der Waals surface area contributed by atoms with E-state index < -0.39 is 9.84 Å². The molecule has 0 atom stereocenters. The van der Waals surface area contributed by atoms with Crippen LogP contribution in [0.15, 0.2) is 63.2 Å². The Morgan fingerprint density at radius 2 is 1.61 bits per heavy atom. The molecule has 94 valence electrons. The summed E-state index contributed by atoms with van der Waals surface area (Å²) in [6.45, 7) is 0. The zero-order chi connectivity index (χ0) is 13.2. The van der Waals surface area contributed by atoms with Crippen molar-refractivity contribution in [1.82, 2.24) is 0 Å². The van der Waals surface area contributed by atoms with Crippen LogP contribution in [0.1, 0.15) is 0 Å². The van der Waals surface area contributed by atoms with Crippen molar-refractivity contribution in [2.75, 3.05) is 6.26 Å². The predicted molar refractivity (Wildman–Crippen MR) is 71.8 cm³/mol. The maximum atomic E-state index is 11.3. The minimum Gasteiger partial charge on any atom is -0.507 e. The lowest BCUT2D eigenvalue weighted by Gasteiger charge is -2.04. The number of hydrogen-bond donors (Lipinski definition) is 1. The van der Waals surface area contributed by atoms with Gasteiger partial charge in [-0.3, -0.25) is 0 Å². The summed E-state index contributed by atoms with van der Waals surface area (Å²) in [5.74, 6) is 0.217. The smallest absolute Gasteiger partial charge is 0.175 e. The van der Waals surface area contributed by atoms with Gasteiger partial charge in [-0.25, -0.2) is 8.42 Å². The van der Waals surface area contributed by atoms with E-state index in [0.717, 1.165) is 9.79 Å². The second-order valence-corrected chi connectivity index (χ2v) is 6.94. The molecule has 0 fully saturated rings. The van der Waals surface area contributed by atoms with Crippen LogP contribution in [0.3, 0.4) is 0 Å². The first-order chi connectivity index (χ1) is 8.47. The monoisotopic (exact) mass is 280 g/mol. The van der Waals surface area contributed by atoms with E-state index in [9.17, 15) is 13.5 Å². The fourth-order valence-corrected chi connectivity index (χ4v) is 2.90.